The van der Waals surface area contributed by atoms with E-state index in [4.69, 9.17) is 4.74 Å². The van der Waals surface area contributed by atoms with Crippen molar-refractivity contribution in [2.24, 2.45) is 4.40 Å². The summed E-state index contributed by atoms with van der Waals surface area (Å²) in [5.74, 6) is 0.423. The third-order valence-corrected chi connectivity index (χ3v) is 7.54. The Hall–Kier alpha value is 0.234. The van der Waals surface area contributed by atoms with E-state index in [0.717, 1.165) is 6.69 Å². The van der Waals surface area contributed by atoms with Crippen LogP contribution in [-0.4, -0.2) is 66.0 Å². The van der Waals surface area contributed by atoms with E-state index in [-0.39, 0.29) is 4.90 Å². The summed E-state index contributed by atoms with van der Waals surface area (Å²) >= 11 is 3.25. The Bertz CT molecular complexity index is 802. The molecular weight excluding hydrogens is 802 g/mol. The zero-order valence-corrected chi connectivity index (χ0v) is 23.0. The molecule has 0 radical (unpaired) electrons. The summed E-state index contributed by atoms with van der Waals surface area (Å²) in [6.07, 6.45) is -1.12. The molecule has 2 aromatic carbocycles. The monoisotopic (exact) mass is 810 g/mol. The molecule has 0 bridgehead atoms. The van der Waals surface area contributed by atoms with Gasteiger partial charge in [0.1, 0.15) is 0 Å². The van der Waals surface area contributed by atoms with Gasteiger partial charge in [-0.3, -0.25) is 0 Å². The van der Waals surface area contributed by atoms with Gasteiger partial charge in [0, 0.05) is 0 Å². The van der Waals surface area contributed by atoms with E-state index in [1.54, 1.807) is 18.2 Å². The van der Waals surface area contributed by atoms with Gasteiger partial charge in [-0.2, -0.15) is 0 Å². The van der Waals surface area contributed by atoms with Crippen molar-refractivity contribution < 1.29 is 18.3 Å². The van der Waals surface area contributed by atoms with Crippen LogP contribution in [0.4, 0.5) is 0 Å². The molecule has 2 rings (SSSR count). The second-order valence-corrected chi connectivity index (χ2v) is 11.9. The fourth-order valence-electron chi connectivity index (χ4n) is 1.59. The molecule has 0 aliphatic carbocycles. The number of rotatable bonds is 3. The minimum absolute atomic E-state index is 0.0364. The van der Waals surface area contributed by atoms with E-state index in [1.165, 1.54) is 15.3 Å². The van der Waals surface area contributed by atoms with Crippen LogP contribution >= 0.6 is 22.6 Å². The van der Waals surface area contributed by atoms with Gasteiger partial charge >= 0.3 is 176 Å². The van der Waals surface area contributed by atoms with Gasteiger partial charge in [-0.05, 0) is 0 Å². The summed E-state index contributed by atoms with van der Waals surface area (Å²) < 4.78 is 35.4. The first-order chi connectivity index (χ1) is 10.3. The van der Waals surface area contributed by atoms with Gasteiger partial charge in [0.05, 0.1) is 0 Å². The molecule has 2 aromatic rings. The van der Waals surface area contributed by atoms with E-state index in [1.807, 2.05) is 12.1 Å². The van der Waals surface area contributed by atoms with Crippen LogP contribution in [0.25, 0.3) is 0 Å². The van der Waals surface area contributed by atoms with E-state index < -0.39 is 16.1 Å². The number of halogens is 1. The first-order valence-corrected chi connectivity index (χ1v) is 12.9. The third kappa shape index (κ3) is 4.86. The molecule has 0 aliphatic rings. The Balaban J connectivity index is 2.32. The van der Waals surface area contributed by atoms with Crippen molar-refractivity contribution >= 4 is 96.5 Å². The molecule has 0 spiro atoms. The maximum atomic E-state index is 12.0. The first kappa shape index (κ1) is 18.6. The van der Waals surface area contributed by atoms with Gasteiger partial charge in [0.2, 0.25) is 0 Å². The predicted octanol–water partition coefficient (Wildman–Crippen LogP) is -0.637. The van der Waals surface area contributed by atoms with Gasteiger partial charge in [0.15, 0.2) is 0 Å². The van der Waals surface area contributed by atoms with Gasteiger partial charge in [-0.1, -0.05) is 0 Å². The predicted molar refractivity (Wildman–Crippen MR) is 91.6 cm³/mol. The number of benzene rings is 2. The second kappa shape index (κ2) is 7.87. The SMILES string of the molecule is O=S(=O)(N=C([O-])Oc1c(I)c[c]([Tl])c[c]1[Tl])c1ccccc1. The van der Waals surface area contributed by atoms with Crippen LogP contribution in [0.3, 0.4) is 0 Å². The number of sulfonamides is 1. The topological polar surface area (TPSA) is 78.8 Å². The average molecular weight is 809 g/mol. The molecule has 9 heteroatoms. The Morgan fingerprint density at radius 3 is 2.41 bits per heavy atom. The Morgan fingerprint density at radius 2 is 1.82 bits per heavy atom. The van der Waals surface area contributed by atoms with E-state index in [9.17, 15) is 13.5 Å². The number of nitrogens with zero attached hydrogens (tertiary/aromatic N) is 1. The molecule has 22 heavy (non-hydrogen) atoms. The van der Waals surface area contributed by atoms with E-state index in [0.29, 0.717) is 57.3 Å². The summed E-state index contributed by atoms with van der Waals surface area (Å²) in [6, 6.07) is 11.5. The van der Waals surface area contributed by atoms with Crippen molar-refractivity contribution in [3.8, 4) is 5.75 Å². The molecule has 0 fully saturated rings. The zero-order valence-electron chi connectivity index (χ0n) is 11.1. The third-order valence-electron chi connectivity index (χ3n) is 2.52. The zero-order chi connectivity index (χ0) is 16.3. The molecule has 0 N–H and O–H groups in total. The van der Waals surface area contributed by atoms with Crippen LogP contribution in [0.15, 0.2) is 51.8 Å². The van der Waals surface area contributed by atoms with Crippen molar-refractivity contribution in [2.45, 2.75) is 4.90 Å². The molecule has 0 saturated carbocycles. The summed E-state index contributed by atoms with van der Waals surface area (Å²) in [7, 11) is -4.04. The van der Waals surface area contributed by atoms with Gasteiger partial charge in [-0.15, -0.1) is 0 Å². The van der Waals surface area contributed by atoms with E-state index in [2.05, 4.69) is 27.0 Å². The van der Waals surface area contributed by atoms with Crippen molar-refractivity contribution in [1.82, 2.24) is 0 Å². The summed E-state index contributed by atoms with van der Waals surface area (Å²) in [5.41, 5.74) is 0. The van der Waals surface area contributed by atoms with Crippen LogP contribution in [0.5, 0.6) is 5.75 Å². The van der Waals surface area contributed by atoms with Crippen LogP contribution in [0.2, 0.25) is 0 Å². The number of hydrogen-bond donors (Lipinski definition) is 0. The molecule has 0 unspecified atom stereocenters. The Kier molecular flexibility index (Phi) is 6.64. The number of ether oxygens (including phenoxy) is 1. The van der Waals surface area contributed by atoms with Gasteiger partial charge < -0.3 is 0 Å². The minimum atomic E-state index is -4.04. The fourth-order valence-corrected chi connectivity index (χ4v) is 11.5. The Labute approximate surface area is 173 Å². The summed E-state index contributed by atoms with van der Waals surface area (Å²) in [4.78, 5) is -0.0364. The second-order valence-electron chi connectivity index (χ2n) is 4.17. The molecule has 0 atom stereocenters. The van der Waals surface area contributed by atoms with Crippen molar-refractivity contribution in [1.29, 1.82) is 0 Å². The van der Waals surface area contributed by atoms with Crippen molar-refractivity contribution in [3.63, 3.8) is 0 Å². The Morgan fingerprint density at radius 1 is 1.18 bits per heavy atom. The van der Waals surface area contributed by atoms with E-state index >= 15 is 0 Å². The molecule has 5 nitrogen and oxygen atoms in total. The van der Waals surface area contributed by atoms with Crippen LogP contribution in [0, 0.1) is 3.57 Å². The molecule has 108 valence electrons. The van der Waals surface area contributed by atoms with Crippen LogP contribution in [0.1, 0.15) is 0 Å². The first-order valence-electron chi connectivity index (χ1n) is 5.89. The standard InChI is InChI=1S/C13H8INO4S.2Tl/c14-11-8-4-5-9-12(11)19-13(16)15-20(17,18)10-6-2-1-3-7-10;;/h1-3,5-8H,(H,15,16);;/p-1. The molecular formula is C13H7INO4STl2-. The molecule has 0 heterocycles. The van der Waals surface area contributed by atoms with Gasteiger partial charge in [0.25, 0.3) is 0 Å². The molecule has 0 aromatic heterocycles. The molecule has 0 saturated heterocycles. The van der Waals surface area contributed by atoms with Crippen LogP contribution in [-0.2, 0) is 10.0 Å². The maximum absolute atomic E-state index is 12.0. The molecule has 0 aliphatic heterocycles. The normalized spacial score (nSPS) is 12.0. The van der Waals surface area contributed by atoms with Gasteiger partial charge in [-0.25, -0.2) is 0 Å². The van der Waals surface area contributed by atoms with Crippen molar-refractivity contribution in [2.75, 3.05) is 0 Å². The van der Waals surface area contributed by atoms with Crippen LogP contribution < -0.4 is 16.1 Å². The summed E-state index contributed by atoms with van der Waals surface area (Å²) in [5, 5.41) is 11.8. The average Bonchev–Trinajstić information content (AvgIpc) is 2.43. The number of hydrogen-bond acceptors (Lipinski definition) is 4. The summed E-state index contributed by atoms with van der Waals surface area (Å²) in [6.45, 7) is 0. The fraction of sp³-hybridized carbons (Fsp3) is 0. The van der Waals surface area contributed by atoms with Crippen molar-refractivity contribution in [3.05, 3.63) is 46.0 Å². The quantitative estimate of drug-likeness (QED) is 0.179. The molecule has 0 amide bonds.